The first kappa shape index (κ1) is 16.7. The van der Waals surface area contributed by atoms with Crippen LogP contribution in [0.5, 0.6) is 5.75 Å². The van der Waals surface area contributed by atoms with Crippen molar-refractivity contribution < 1.29 is 17.9 Å². The molecule has 0 aliphatic heterocycles. The van der Waals surface area contributed by atoms with E-state index in [1.54, 1.807) is 0 Å². The van der Waals surface area contributed by atoms with Crippen molar-refractivity contribution in [1.82, 2.24) is 5.32 Å². The first-order valence-electron chi connectivity index (χ1n) is 5.99. The number of hydrogen-bond acceptors (Lipinski definition) is 4. The molecule has 0 radical (unpaired) electrons. The van der Waals surface area contributed by atoms with E-state index in [4.69, 9.17) is 21.5 Å². The SMILES string of the molecule is CCCCNC(=O)c1cc(Cl)cc(S(N)(=O)=O)c1OC. The van der Waals surface area contributed by atoms with Crippen molar-refractivity contribution in [3.8, 4) is 5.75 Å². The van der Waals surface area contributed by atoms with E-state index in [0.717, 1.165) is 18.9 Å². The summed E-state index contributed by atoms with van der Waals surface area (Å²) in [5.41, 5.74) is 0.0418. The molecule has 0 aromatic heterocycles. The van der Waals surface area contributed by atoms with Gasteiger partial charge in [-0.15, -0.1) is 0 Å². The zero-order valence-electron chi connectivity index (χ0n) is 11.3. The molecule has 1 aromatic rings. The third-order valence-corrected chi connectivity index (χ3v) is 3.73. The molecular formula is C12H17ClN2O4S. The Morgan fingerprint density at radius 2 is 2.10 bits per heavy atom. The van der Waals surface area contributed by atoms with Crippen molar-refractivity contribution in [3.05, 3.63) is 22.7 Å². The second-order valence-electron chi connectivity index (χ2n) is 4.14. The molecular weight excluding hydrogens is 304 g/mol. The lowest BCUT2D eigenvalue weighted by atomic mass is 10.2. The minimum Gasteiger partial charge on any atom is -0.494 e. The number of sulfonamides is 1. The predicted molar refractivity (Wildman–Crippen MR) is 76.6 cm³/mol. The molecule has 0 aliphatic rings. The van der Waals surface area contributed by atoms with Crippen LogP contribution in [0.3, 0.4) is 0 Å². The monoisotopic (exact) mass is 320 g/mol. The van der Waals surface area contributed by atoms with Gasteiger partial charge in [0, 0.05) is 11.6 Å². The van der Waals surface area contributed by atoms with Gasteiger partial charge in [0.05, 0.1) is 12.7 Å². The van der Waals surface area contributed by atoms with E-state index in [0.29, 0.717) is 6.54 Å². The van der Waals surface area contributed by atoms with E-state index >= 15 is 0 Å². The summed E-state index contributed by atoms with van der Waals surface area (Å²) >= 11 is 5.83. The van der Waals surface area contributed by atoms with Crippen LogP contribution < -0.4 is 15.2 Å². The number of nitrogens with one attached hydrogen (secondary N) is 1. The maximum absolute atomic E-state index is 12.0. The first-order chi connectivity index (χ1) is 9.31. The molecule has 0 fully saturated rings. The lowest BCUT2D eigenvalue weighted by Crippen LogP contribution is -2.25. The number of carbonyl (C=O) groups excluding carboxylic acids is 1. The highest BCUT2D eigenvalue weighted by atomic mass is 35.5. The van der Waals surface area contributed by atoms with Crippen LogP contribution in [0.1, 0.15) is 30.1 Å². The molecule has 8 heteroatoms. The number of carbonyl (C=O) groups is 1. The molecule has 0 saturated heterocycles. The van der Waals surface area contributed by atoms with Crippen LogP contribution >= 0.6 is 11.6 Å². The van der Waals surface area contributed by atoms with Crippen molar-refractivity contribution in [2.45, 2.75) is 24.7 Å². The lowest BCUT2D eigenvalue weighted by molar-refractivity contribution is 0.0949. The topological polar surface area (TPSA) is 98.5 Å². The summed E-state index contributed by atoms with van der Waals surface area (Å²) in [7, 11) is -2.77. The number of benzene rings is 1. The van der Waals surface area contributed by atoms with Crippen LogP contribution in [-0.4, -0.2) is 28.0 Å². The summed E-state index contributed by atoms with van der Waals surface area (Å²) in [5, 5.41) is 7.85. The summed E-state index contributed by atoms with van der Waals surface area (Å²) in [4.78, 5) is 11.7. The number of nitrogens with two attached hydrogens (primary N) is 1. The highest BCUT2D eigenvalue weighted by Gasteiger charge is 2.23. The predicted octanol–water partition coefficient (Wildman–Crippen LogP) is 1.53. The molecule has 3 N–H and O–H groups in total. The van der Waals surface area contributed by atoms with Gasteiger partial charge in [-0.3, -0.25) is 4.79 Å². The van der Waals surface area contributed by atoms with Crippen molar-refractivity contribution in [2.24, 2.45) is 5.14 Å². The summed E-state index contributed by atoms with van der Waals surface area (Å²) in [5.74, 6) is -0.561. The van der Waals surface area contributed by atoms with Gasteiger partial charge >= 0.3 is 0 Å². The van der Waals surface area contributed by atoms with Crippen LogP contribution in [0, 0.1) is 0 Å². The number of rotatable bonds is 6. The first-order valence-corrected chi connectivity index (χ1v) is 7.92. The van der Waals surface area contributed by atoms with Crippen LogP contribution in [0.4, 0.5) is 0 Å². The molecule has 0 atom stereocenters. The van der Waals surface area contributed by atoms with Gasteiger partial charge in [0.2, 0.25) is 10.0 Å². The molecule has 1 rings (SSSR count). The van der Waals surface area contributed by atoms with Crippen LogP contribution in [0.15, 0.2) is 17.0 Å². The Bertz CT molecular complexity index is 602. The molecule has 0 heterocycles. The second-order valence-corrected chi connectivity index (χ2v) is 6.11. The van der Waals surface area contributed by atoms with Gasteiger partial charge in [-0.25, -0.2) is 13.6 Å². The van der Waals surface area contributed by atoms with Crippen molar-refractivity contribution in [1.29, 1.82) is 0 Å². The normalized spacial score (nSPS) is 11.2. The number of ether oxygens (including phenoxy) is 1. The maximum atomic E-state index is 12.0. The average molecular weight is 321 g/mol. The highest BCUT2D eigenvalue weighted by Crippen LogP contribution is 2.31. The quantitative estimate of drug-likeness (QED) is 0.776. The summed E-state index contributed by atoms with van der Waals surface area (Å²) in [6, 6.07) is 2.49. The Balaban J connectivity index is 3.26. The maximum Gasteiger partial charge on any atom is 0.255 e. The van der Waals surface area contributed by atoms with E-state index in [2.05, 4.69) is 5.32 Å². The Morgan fingerprint density at radius 1 is 1.45 bits per heavy atom. The Labute approximate surface area is 123 Å². The van der Waals surface area contributed by atoms with Gasteiger partial charge in [-0.1, -0.05) is 24.9 Å². The van der Waals surface area contributed by atoms with Gasteiger partial charge in [0.1, 0.15) is 4.90 Å². The van der Waals surface area contributed by atoms with Crippen LogP contribution in [-0.2, 0) is 10.0 Å². The summed E-state index contributed by atoms with van der Waals surface area (Å²) < 4.78 is 28.0. The third-order valence-electron chi connectivity index (χ3n) is 2.59. The molecule has 0 saturated carbocycles. The molecule has 0 aliphatic carbocycles. The van der Waals surface area contributed by atoms with Gasteiger partial charge < -0.3 is 10.1 Å². The average Bonchev–Trinajstić information content (AvgIpc) is 2.36. The number of amides is 1. The van der Waals surface area contributed by atoms with Crippen molar-refractivity contribution >= 4 is 27.5 Å². The van der Waals surface area contributed by atoms with E-state index < -0.39 is 15.9 Å². The smallest absolute Gasteiger partial charge is 0.255 e. The molecule has 6 nitrogen and oxygen atoms in total. The van der Waals surface area contributed by atoms with E-state index in [9.17, 15) is 13.2 Å². The van der Waals surface area contributed by atoms with Crippen molar-refractivity contribution in [3.63, 3.8) is 0 Å². The molecule has 1 aromatic carbocycles. The summed E-state index contributed by atoms with van der Waals surface area (Å²) in [6.45, 7) is 2.47. The third kappa shape index (κ3) is 4.09. The number of methoxy groups -OCH3 is 1. The highest BCUT2D eigenvalue weighted by molar-refractivity contribution is 7.89. The largest absolute Gasteiger partial charge is 0.494 e. The molecule has 0 bridgehead atoms. The van der Waals surface area contributed by atoms with Gasteiger partial charge in [-0.05, 0) is 18.6 Å². The molecule has 20 heavy (non-hydrogen) atoms. The van der Waals surface area contributed by atoms with E-state index in [1.807, 2.05) is 6.92 Å². The minimum absolute atomic E-state index is 0.0418. The van der Waals surface area contributed by atoms with Crippen molar-refractivity contribution in [2.75, 3.05) is 13.7 Å². The molecule has 0 unspecified atom stereocenters. The zero-order chi connectivity index (χ0) is 15.3. The van der Waals surface area contributed by atoms with Crippen LogP contribution in [0.25, 0.3) is 0 Å². The fraction of sp³-hybridized carbons (Fsp3) is 0.417. The minimum atomic E-state index is -4.04. The van der Waals surface area contributed by atoms with Gasteiger partial charge in [0.25, 0.3) is 5.91 Å². The van der Waals surface area contributed by atoms with E-state index in [1.165, 1.54) is 13.2 Å². The fourth-order valence-corrected chi connectivity index (χ4v) is 2.66. The fourth-order valence-electron chi connectivity index (χ4n) is 1.63. The van der Waals surface area contributed by atoms with Crippen LogP contribution in [0.2, 0.25) is 5.02 Å². The number of unbranched alkanes of at least 4 members (excludes halogenated alkanes) is 1. The van der Waals surface area contributed by atoms with Gasteiger partial charge in [0.15, 0.2) is 5.75 Å². The zero-order valence-corrected chi connectivity index (χ0v) is 12.8. The Morgan fingerprint density at radius 3 is 2.60 bits per heavy atom. The molecule has 112 valence electrons. The lowest BCUT2D eigenvalue weighted by Gasteiger charge is -2.13. The number of primary sulfonamides is 1. The van der Waals surface area contributed by atoms with E-state index in [-0.39, 0.29) is 21.2 Å². The Kier molecular flexibility index (Phi) is 5.79. The Hall–Kier alpha value is -1.31. The summed E-state index contributed by atoms with van der Waals surface area (Å²) in [6.07, 6.45) is 1.74. The second kappa shape index (κ2) is 6.92. The number of halogens is 1. The molecule has 0 spiro atoms. The standard InChI is InChI=1S/C12H17ClN2O4S/c1-3-4-5-15-12(16)9-6-8(13)7-10(11(9)19-2)20(14,17)18/h6-7H,3-5H2,1-2H3,(H,15,16)(H2,14,17,18). The molecule has 1 amide bonds. The van der Waals surface area contributed by atoms with Gasteiger partial charge in [-0.2, -0.15) is 0 Å². The number of hydrogen-bond donors (Lipinski definition) is 2.